The molecule has 0 aliphatic rings. The van der Waals surface area contributed by atoms with E-state index in [9.17, 15) is 4.39 Å². The van der Waals surface area contributed by atoms with Gasteiger partial charge in [0.1, 0.15) is 5.82 Å². The minimum absolute atomic E-state index is 0.118. The van der Waals surface area contributed by atoms with Crippen LogP contribution >= 0.6 is 15.9 Å². The van der Waals surface area contributed by atoms with E-state index in [1.807, 2.05) is 12.1 Å². The van der Waals surface area contributed by atoms with Crippen LogP contribution in [0.5, 0.6) is 0 Å². The molecule has 21 heavy (non-hydrogen) atoms. The number of benzene rings is 1. The molecule has 0 N–H and O–H groups in total. The molecule has 0 aliphatic carbocycles. The van der Waals surface area contributed by atoms with Crippen LogP contribution in [0.1, 0.15) is 70.3 Å². The lowest BCUT2D eigenvalue weighted by molar-refractivity contribution is 0.485. The smallest absolute Gasteiger partial charge is 0.123 e. The lowest BCUT2D eigenvalue weighted by atomic mass is 9.95. The van der Waals surface area contributed by atoms with Gasteiger partial charge in [0, 0.05) is 5.33 Å². The first-order chi connectivity index (χ1) is 10.3. The predicted octanol–water partition coefficient (Wildman–Crippen LogP) is 6.91. The van der Waals surface area contributed by atoms with E-state index in [4.69, 9.17) is 0 Å². The first kappa shape index (κ1) is 18.7. The van der Waals surface area contributed by atoms with Crippen molar-refractivity contribution < 1.29 is 4.39 Å². The number of rotatable bonds is 12. The van der Waals surface area contributed by atoms with Gasteiger partial charge in [-0.3, -0.25) is 0 Å². The van der Waals surface area contributed by atoms with Gasteiger partial charge >= 0.3 is 0 Å². The fourth-order valence-electron chi connectivity index (χ4n) is 2.80. The summed E-state index contributed by atoms with van der Waals surface area (Å²) in [5.41, 5.74) is 1.12. The zero-order valence-corrected chi connectivity index (χ0v) is 15.0. The van der Waals surface area contributed by atoms with Crippen LogP contribution in [0.3, 0.4) is 0 Å². The van der Waals surface area contributed by atoms with Gasteiger partial charge in [0.2, 0.25) is 0 Å². The van der Waals surface area contributed by atoms with Crippen molar-refractivity contribution in [2.75, 3.05) is 5.33 Å². The van der Waals surface area contributed by atoms with Gasteiger partial charge in [0.15, 0.2) is 0 Å². The Morgan fingerprint density at radius 2 is 1.67 bits per heavy atom. The van der Waals surface area contributed by atoms with E-state index in [2.05, 4.69) is 22.9 Å². The molecule has 1 atom stereocenters. The molecule has 0 aliphatic heterocycles. The number of unbranched alkanes of at least 4 members (excludes halogenated alkanes) is 7. The van der Waals surface area contributed by atoms with Crippen molar-refractivity contribution >= 4 is 15.9 Å². The van der Waals surface area contributed by atoms with Crippen molar-refractivity contribution in [3.8, 4) is 0 Å². The number of alkyl halides is 1. The largest absolute Gasteiger partial charge is 0.207 e. The lowest BCUT2D eigenvalue weighted by Gasteiger charge is -2.14. The second-order valence-corrected chi connectivity index (χ2v) is 6.77. The Labute approximate surface area is 138 Å². The SMILES string of the molecule is CCCCCCCCCCC(CBr)Cc1cccc(F)c1. The Hall–Kier alpha value is -0.370. The third kappa shape index (κ3) is 9.29. The molecule has 1 unspecified atom stereocenters. The maximum atomic E-state index is 13.2. The second-order valence-electron chi connectivity index (χ2n) is 6.12. The van der Waals surface area contributed by atoms with Gasteiger partial charge in [-0.1, -0.05) is 86.4 Å². The summed E-state index contributed by atoms with van der Waals surface area (Å²) in [4.78, 5) is 0. The molecule has 1 aromatic rings. The van der Waals surface area contributed by atoms with Crippen molar-refractivity contribution in [1.29, 1.82) is 0 Å². The van der Waals surface area contributed by atoms with Crippen molar-refractivity contribution in [2.24, 2.45) is 5.92 Å². The third-order valence-electron chi connectivity index (χ3n) is 4.10. The Kier molecular flexibility index (Phi) is 10.9. The van der Waals surface area contributed by atoms with Crippen molar-refractivity contribution in [1.82, 2.24) is 0 Å². The molecular weight excluding hydrogens is 327 g/mol. The summed E-state index contributed by atoms with van der Waals surface area (Å²) >= 11 is 3.61. The molecule has 0 heterocycles. The Morgan fingerprint density at radius 3 is 2.29 bits per heavy atom. The summed E-state index contributed by atoms with van der Waals surface area (Å²) in [5.74, 6) is 0.514. The molecule has 1 aromatic carbocycles. The van der Waals surface area contributed by atoms with Crippen LogP contribution in [0.25, 0.3) is 0 Å². The molecule has 0 bridgehead atoms. The predicted molar refractivity (Wildman–Crippen MR) is 94.6 cm³/mol. The van der Waals surface area contributed by atoms with Gasteiger partial charge in [-0.25, -0.2) is 4.39 Å². The average Bonchev–Trinajstić information content (AvgIpc) is 2.48. The van der Waals surface area contributed by atoms with Crippen LogP contribution in [0, 0.1) is 11.7 Å². The Balaban J connectivity index is 2.11. The van der Waals surface area contributed by atoms with Gasteiger partial charge in [-0.15, -0.1) is 0 Å². The van der Waals surface area contributed by atoms with Crippen molar-refractivity contribution in [3.63, 3.8) is 0 Å². The monoisotopic (exact) mass is 356 g/mol. The minimum atomic E-state index is -0.118. The van der Waals surface area contributed by atoms with E-state index in [1.54, 1.807) is 6.07 Å². The summed E-state index contributed by atoms with van der Waals surface area (Å²) in [7, 11) is 0. The highest BCUT2D eigenvalue weighted by atomic mass is 79.9. The van der Waals surface area contributed by atoms with Crippen molar-refractivity contribution in [2.45, 2.75) is 71.1 Å². The fraction of sp³-hybridized carbons (Fsp3) is 0.684. The molecule has 2 heteroatoms. The van der Waals surface area contributed by atoms with Crippen LogP contribution < -0.4 is 0 Å². The molecule has 0 spiro atoms. The van der Waals surface area contributed by atoms with Crippen molar-refractivity contribution in [3.05, 3.63) is 35.6 Å². The molecule has 0 nitrogen and oxygen atoms in total. The van der Waals surface area contributed by atoms with E-state index in [0.29, 0.717) is 5.92 Å². The summed E-state index contributed by atoms with van der Waals surface area (Å²) in [5, 5.41) is 1.01. The number of halogens is 2. The minimum Gasteiger partial charge on any atom is -0.207 e. The molecule has 0 saturated heterocycles. The molecule has 1 rings (SSSR count). The standard InChI is InChI=1S/C19H30BrF/c1-2-3-4-5-6-7-8-9-11-18(16-20)14-17-12-10-13-19(21)15-17/h10,12-13,15,18H,2-9,11,14,16H2,1H3. The van der Waals surface area contributed by atoms with Crippen LogP contribution in [-0.2, 0) is 6.42 Å². The summed E-state index contributed by atoms with van der Waals surface area (Å²) in [6.45, 7) is 2.26. The number of hydrogen-bond acceptors (Lipinski definition) is 0. The van der Waals surface area contributed by atoms with Gasteiger partial charge in [-0.05, 0) is 36.5 Å². The van der Waals surface area contributed by atoms with E-state index in [1.165, 1.54) is 63.9 Å². The highest BCUT2D eigenvalue weighted by molar-refractivity contribution is 9.09. The lowest BCUT2D eigenvalue weighted by Crippen LogP contribution is -2.06. The van der Waals surface area contributed by atoms with E-state index in [0.717, 1.165) is 17.3 Å². The molecule has 120 valence electrons. The maximum absolute atomic E-state index is 13.2. The molecule has 0 radical (unpaired) electrons. The molecule has 0 saturated carbocycles. The quantitative estimate of drug-likeness (QED) is 0.282. The average molecular weight is 357 g/mol. The van der Waals surface area contributed by atoms with Gasteiger partial charge < -0.3 is 0 Å². The zero-order chi connectivity index (χ0) is 15.3. The normalized spacial score (nSPS) is 12.5. The summed E-state index contributed by atoms with van der Waals surface area (Å²) in [6, 6.07) is 7.04. The Morgan fingerprint density at radius 1 is 1.00 bits per heavy atom. The zero-order valence-electron chi connectivity index (χ0n) is 13.4. The first-order valence-electron chi connectivity index (χ1n) is 8.56. The fourth-order valence-corrected chi connectivity index (χ4v) is 3.35. The van der Waals surface area contributed by atoms with E-state index < -0.39 is 0 Å². The number of hydrogen-bond donors (Lipinski definition) is 0. The molecule has 0 aromatic heterocycles. The summed E-state index contributed by atoms with van der Waals surface area (Å²) < 4.78 is 13.2. The summed E-state index contributed by atoms with van der Waals surface area (Å²) in [6.07, 6.45) is 13.2. The van der Waals surface area contributed by atoms with Crippen LogP contribution in [-0.4, -0.2) is 5.33 Å². The van der Waals surface area contributed by atoms with E-state index >= 15 is 0 Å². The highest BCUT2D eigenvalue weighted by Crippen LogP contribution is 2.19. The second kappa shape index (κ2) is 12.2. The van der Waals surface area contributed by atoms with Crippen LogP contribution in [0.4, 0.5) is 4.39 Å². The van der Waals surface area contributed by atoms with Gasteiger partial charge in [-0.2, -0.15) is 0 Å². The molecular formula is C19H30BrF. The molecule has 0 fully saturated rings. The highest BCUT2D eigenvalue weighted by Gasteiger charge is 2.08. The third-order valence-corrected chi connectivity index (χ3v) is 5.01. The van der Waals surface area contributed by atoms with Gasteiger partial charge in [0.25, 0.3) is 0 Å². The molecule has 0 amide bonds. The maximum Gasteiger partial charge on any atom is 0.123 e. The van der Waals surface area contributed by atoms with Gasteiger partial charge in [0.05, 0.1) is 0 Å². The van der Waals surface area contributed by atoms with Crippen LogP contribution in [0.2, 0.25) is 0 Å². The Bertz CT molecular complexity index is 364. The van der Waals surface area contributed by atoms with E-state index in [-0.39, 0.29) is 5.82 Å². The first-order valence-corrected chi connectivity index (χ1v) is 9.68. The topological polar surface area (TPSA) is 0 Å². The van der Waals surface area contributed by atoms with Crippen LogP contribution in [0.15, 0.2) is 24.3 Å².